The number of carbonyl (C=O) groups excluding carboxylic acids is 1. The Hall–Kier alpha value is -2.84. The molecule has 0 spiro atoms. The van der Waals surface area contributed by atoms with E-state index in [1.54, 1.807) is 29.2 Å². The average molecular weight is 322 g/mol. The van der Waals surface area contributed by atoms with E-state index in [0.717, 1.165) is 5.56 Å². The van der Waals surface area contributed by atoms with Gasteiger partial charge in [0.15, 0.2) is 0 Å². The van der Waals surface area contributed by atoms with Gasteiger partial charge in [0, 0.05) is 18.7 Å². The van der Waals surface area contributed by atoms with E-state index in [4.69, 9.17) is 14.7 Å². The van der Waals surface area contributed by atoms with E-state index in [-0.39, 0.29) is 5.91 Å². The Labute approximate surface area is 141 Å². The molecule has 1 aliphatic heterocycles. The lowest BCUT2D eigenvalue weighted by Crippen LogP contribution is -2.44. The van der Waals surface area contributed by atoms with Crippen LogP contribution in [0.15, 0.2) is 54.6 Å². The Kier molecular flexibility index (Phi) is 5.09. The average Bonchev–Trinajstić information content (AvgIpc) is 2.67. The van der Waals surface area contributed by atoms with Crippen molar-refractivity contribution in [2.24, 2.45) is 0 Å². The number of amides is 1. The van der Waals surface area contributed by atoms with Gasteiger partial charge in [0.25, 0.3) is 5.91 Å². The van der Waals surface area contributed by atoms with Crippen molar-refractivity contribution in [1.82, 2.24) is 4.90 Å². The van der Waals surface area contributed by atoms with Gasteiger partial charge >= 0.3 is 0 Å². The lowest BCUT2D eigenvalue weighted by atomic mass is 10.1. The van der Waals surface area contributed by atoms with E-state index in [9.17, 15) is 4.79 Å². The van der Waals surface area contributed by atoms with Gasteiger partial charge in [-0.3, -0.25) is 4.79 Å². The largest absolute Gasteiger partial charge is 0.476 e. The monoisotopic (exact) mass is 322 g/mol. The molecule has 2 aromatic carbocycles. The van der Waals surface area contributed by atoms with Crippen LogP contribution >= 0.6 is 0 Å². The van der Waals surface area contributed by atoms with Crippen molar-refractivity contribution in [3.63, 3.8) is 0 Å². The van der Waals surface area contributed by atoms with Gasteiger partial charge in [-0.2, -0.15) is 5.26 Å². The molecule has 5 heteroatoms. The van der Waals surface area contributed by atoms with Crippen molar-refractivity contribution in [2.45, 2.75) is 6.10 Å². The van der Waals surface area contributed by atoms with Gasteiger partial charge in [-0.25, -0.2) is 0 Å². The fraction of sp³-hybridized carbons (Fsp3) is 0.263. The zero-order chi connectivity index (χ0) is 16.8. The van der Waals surface area contributed by atoms with Crippen molar-refractivity contribution in [3.05, 3.63) is 65.7 Å². The number of benzene rings is 2. The Bertz CT molecular complexity index is 717. The summed E-state index contributed by atoms with van der Waals surface area (Å²) in [5.41, 5.74) is 1.36. The molecule has 1 amide bonds. The smallest absolute Gasteiger partial charge is 0.268 e. The maximum Gasteiger partial charge on any atom is 0.268 e. The Balaban J connectivity index is 1.84. The lowest BCUT2D eigenvalue weighted by Gasteiger charge is -2.30. The van der Waals surface area contributed by atoms with E-state index in [0.29, 0.717) is 37.6 Å². The van der Waals surface area contributed by atoms with Crippen molar-refractivity contribution >= 4 is 5.91 Å². The molecule has 1 atom stereocenters. The number of hydrogen-bond donors (Lipinski definition) is 0. The molecule has 5 nitrogen and oxygen atoms in total. The maximum atomic E-state index is 12.9. The van der Waals surface area contributed by atoms with Crippen molar-refractivity contribution in [3.8, 4) is 11.8 Å². The fourth-order valence-electron chi connectivity index (χ4n) is 2.58. The third-order valence-electron chi connectivity index (χ3n) is 3.89. The number of nitriles is 1. The molecule has 2 aromatic rings. The van der Waals surface area contributed by atoms with Gasteiger partial charge < -0.3 is 14.4 Å². The van der Waals surface area contributed by atoms with Crippen molar-refractivity contribution < 1.29 is 14.3 Å². The van der Waals surface area contributed by atoms with Crippen LogP contribution in [0, 0.1) is 11.3 Å². The summed E-state index contributed by atoms with van der Waals surface area (Å²) in [5.74, 6) is 0.485. The zero-order valence-electron chi connectivity index (χ0n) is 13.2. The van der Waals surface area contributed by atoms with Gasteiger partial charge in [-0.05, 0) is 24.3 Å². The van der Waals surface area contributed by atoms with Gasteiger partial charge in [0.1, 0.15) is 5.75 Å². The summed E-state index contributed by atoms with van der Waals surface area (Å²) in [6.07, 6.45) is -0.711. The summed E-state index contributed by atoms with van der Waals surface area (Å²) in [4.78, 5) is 14.7. The SMILES string of the molecule is N#Cc1ccc(O[C@H](C(=O)N2CCOCC2)c2ccccc2)cc1. The summed E-state index contributed by atoms with van der Waals surface area (Å²) < 4.78 is 11.3. The molecule has 1 fully saturated rings. The van der Waals surface area contributed by atoms with Crippen LogP contribution in [0.3, 0.4) is 0 Å². The first kappa shape index (κ1) is 16.0. The second-order valence-corrected chi connectivity index (χ2v) is 5.48. The second-order valence-electron chi connectivity index (χ2n) is 5.48. The molecular weight excluding hydrogens is 304 g/mol. The van der Waals surface area contributed by atoms with E-state index < -0.39 is 6.10 Å². The molecule has 24 heavy (non-hydrogen) atoms. The topological polar surface area (TPSA) is 62.6 Å². The van der Waals surface area contributed by atoms with Gasteiger partial charge in [-0.15, -0.1) is 0 Å². The molecule has 0 saturated carbocycles. The number of rotatable bonds is 4. The molecule has 0 radical (unpaired) electrons. The highest BCUT2D eigenvalue weighted by Crippen LogP contribution is 2.24. The summed E-state index contributed by atoms with van der Waals surface area (Å²) in [6.45, 7) is 2.23. The molecule has 0 bridgehead atoms. The first-order chi connectivity index (χ1) is 11.8. The molecule has 1 aliphatic rings. The number of carbonyl (C=O) groups is 1. The van der Waals surface area contributed by atoms with Crippen LogP contribution < -0.4 is 4.74 Å². The molecule has 3 rings (SSSR count). The van der Waals surface area contributed by atoms with Crippen LogP contribution in [0.25, 0.3) is 0 Å². The van der Waals surface area contributed by atoms with Crippen LogP contribution in [0.1, 0.15) is 17.2 Å². The van der Waals surface area contributed by atoms with Gasteiger partial charge in [0.2, 0.25) is 6.10 Å². The van der Waals surface area contributed by atoms with Crippen LogP contribution in [-0.2, 0) is 9.53 Å². The van der Waals surface area contributed by atoms with Crippen LogP contribution in [-0.4, -0.2) is 37.1 Å². The minimum atomic E-state index is -0.711. The summed E-state index contributed by atoms with van der Waals surface area (Å²) in [5, 5.41) is 8.88. The van der Waals surface area contributed by atoms with Gasteiger partial charge in [0.05, 0.1) is 24.8 Å². The predicted octanol–water partition coefficient (Wildman–Crippen LogP) is 2.54. The van der Waals surface area contributed by atoms with Crippen molar-refractivity contribution in [2.75, 3.05) is 26.3 Å². The standard InChI is InChI=1S/C19H18N2O3/c20-14-15-6-8-17(9-7-15)24-18(16-4-2-1-3-5-16)19(22)21-10-12-23-13-11-21/h1-9,18H,10-13H2/t18-/m0/s1. The highest BCUT2D eigenvalue weighted by molar-refractivity contribution is 5.82. The molecule has 1 heterocycles. The third kappa shape index (κ3) is 3.73. The van der Waals surface area contributed by atoms with Crippen LogP contribution in [0.5, 0.6) is 5.75 Å². The summed E-state index contributed by atoms with van der Waals surface area (Å²) in [6, 6.07) is 18.3. The summed E-state index contributed by atoms with van der Waals surface area (Å²) in [7, 11) is 0. The number of morpholine rings is 1. The molecule has 0 N–H and O–H groups in total. The van der Waals surface area contributed by atoms with E-state index >= 15 is 0 Å². The molecule has 0 aliphatic carbocycles. The number of nitrogens with zero attached hydrogens (tertiary/aromatic N) is 2. The minimum Gasteiger partial charge on any atom is -0.476 e. The van der Waals surface area contributed by atoms with Crippen LogP contribution in [0.4, 0.5) is 0 Å². The molecule has 1 saturated heterocycles. The Morgan fingerprint density at radius 1 is 1.08 bits per heavy atom. The van der Waals surface area contributed by atoms with E-state index in [1.807, 2.05) is 30.3 Å². The van der Waals surface area contributed by atoms with Gasteiger partial charge in [-0.1, -0.05) is 30.3 Å². The number of ether oxygens (including phenoxy) is 2. The fourth-order valence-corrected chi connectivity index (χ4v) is 2.58. The molecule has 122 valence electrons. The van der Waals surface area contributed by atoms with E-state index in [2.05, 4.69) is 6.07 Å². The second kappa shape index (κ2) is 7.62. The minimum absolute atomic E-state index is 0.0751. The normalized spacial score (nSPS) is 15.4. The number of hydrogen-bond acceptors (Lipinski definition) is 4. The zero-order valence-corrected chi connectivity index (χ0v) is 13.2. The first-order valence-electron chi connectivity index (χ1n) is 7.86. The summed E-state index contributed by atoms with van der Waals surface area (Å²) >= 11 is 0. The lowest BCUT2D eigenvalue weighted by molar-refractivity contribution is -0.143. The van der Waals surface area contributed by atoms with Crippen molar-refractivity contribution in [1.29, 1.82) is 5.26 Å². The highest BCUT2D eigenvalue weighted by Gasteiger charge is 2.28. The molecular formula is C19H18N2O3. The first-order valence-corrected chi connectivity index (χ1v) is 7.86. The van der Waals surface area contributed by atoms with Crippen LogP contribution in [0.2, 0.25) is 0 Å². The highest BCUT2D eigenvalue weighted by atomic mass is 16.5. The maximum absolute atomic E-state index is 12.9. The third-order valence-corrected chi connectivity index (χ3v) is 3.89. The Morgan fingerprint density at radius 2 is 1.75 bits per heavy atom. The predicted molar refractivity (Wildman–Crippen MR) is 88.4 cm³/mol. The molecule has 0 unspecified atom stereocenters. The Morgan fingerprint density at radius 3 is 2.38 bits per heavy atom. The quantitative estimate of drug-likeness (QED) is 0.868. The molecule has 0 aromatic heterocycles. The van der Waals surface area contributed by atoms with E-state index in [1.165, 1.54) is 0 Å².